The number of guanidine groups is 1. The van der Waals surface area contributed by atoms with Gasteiger partial charge in [0.1, 0.15) is 6.04 Å². The third kappa shape index (κ3) is 4.51. The van der Waals surface area contributed by atoms with Crippen LogP contribution in [0.1, 0.15) is 25.5 Å². The molecule has 0 spiro atoms. The zero-order chi connectivity index (χ0) is 21.7. The van der Waals surface area contributed by atoms with Crippen LogP contribution in [0.15, 0.2) is 23.2 Å². The van der Waals surface area contributed by atoms with Crippen molar-refractivity contribution in [2.24, 2.45) is 10.9 Å². The number of benzene rings is 1. The summed E-state index contributed by atoms with van der Waals surface area (Å²) in [6.07, 6.45) is 0. The van der Waals surface area contributed by atoms with E-state index in [0.717, 1.165) is 32.7 Å². The minimum Gasteiger partial charge on any atom is -0.493 e. The van der Waals surface area contributed by atoms with Gasteiger partial charge in [0.2, 0.25) is 11.9 Å². The maximum Gasteiger partial charge on any atom is 0.321 e. The molecule has 30 heavy (non-hydrogen) atoms. The number of nitrogens with zero attached hydrogens (tertiary/aromatic N) is 3. The molecule has 164 valence electrons. The van der Waals surface area contributed by atoms with Crippen LogP contribution in [-0.2, 0) is 14.3 Å². The average molecular weight is 418 g/mol. The molecule has 2 heterocycles. The van der Waals surface area contributed by atoms with E-state index in [4.69, 9.17) is 19.2 Å². The summed E-state index contributed by atoms with van der Waals surface area (Å²) in [6.45, 7) is 8.34. The molecule has 0 aromatic heterocycles. The van der Waals surface area contributed by atoms with Crippen molar-refractivity contribution >= 4 is 17.8 Å². The maximum absolute atomic E-state index is 13.0. The molecule has 1 aromatic carbocycles. The Hall–Kier alpha value is -2.81. The Morgan fingerprint density at radius 1 is 1.13 bits per heavy atom. The van der Waals surface area contributed by atoms with Gasteiger partial charge in [0.25, 0.3) is 0 Å². The van der Waals surface area contributed by atoms with Crippen molar-refractivity contribution in [2.75, 3.05) is 53.6 Å². The van der Waals surface area contributed by atoms with Crippen LogP contribution in [0.5, 0.6) is 11.5 Å². The monoisotopic (exact) mass is 418 g/mol. The molecule has 9 heteroatoms. The van der Waals surface area contributed by atoms with Gasteiger partial charge >= 0.3 is 5.97 Å². The van der Waals surface area contributed by atoms with E-state index in [1.807, 2.05) is 0 Å². The predicted molar refractivity (Wildman–Crippen MR) is 112 cm³/mol. The fourth-order valence-electron chi connectivity index (χ4n) is 3.78. The minimum atomic E-state index is -1.07. The second-order valence-corrected chi connectivity index (χ2v) is 7.15. The number of methoxy groups -OCH3 is 2. The summed E-state index contributed by atoms with van der Waals surface area (Å²) in [6, 6.07) is 4.59. The van der Waals surface area contributed by atoms with Gasteiger partial charge in [-0.3, -0.25) is 14.9 Å². The third-order valence-corrected chi connectivity index (χ3v) is 5.50. The van der Waals surface area contributed by atoms with Crippen LogP contribution in [0, 0.1) is 5.92 Å². The first-order valence-corrected chi connectivity index (χ1v) is 10.3. The van der Waals surface area contributed by atoms with E-state index in [9.17, 15) is 9.59 Å². The van der Waals surface area contributed by atoms with E-state index in [1.54, 1.807) is 39.3 Å². The molecule has 0 aliphatic carbocycles. The number of rotatable bonds is 6. The number of esters is 1. The molecule has 2 aliphatic heterocycles. The van der Waals surface area contributed by atoms with Crippen LogP contribution in [-0.4, -0.2) is 81.2 Å². The van der Waals surface area contributed by atoms with Crippen molar-refractivity contribution in [3.63, 3.8) is 0 Å². The summed E-state index contributed by atoms with van der Waals surface area (Å²) in [7, 11) is 3.10. The van der Waals surface area contributed by atoms with Crippen molar-refractivity contribution < 1.29 is 23.8 Å². The van der Waals surface area contributed by atoms with Crippen LogP contribution in [0.4, 0.5) is 0 Å². The number of likely N-dealkylation sites (N-methyl/N-ethyl adjacent to an activating group) is 1. The van der Waals surface area contributed by atoms with Crippen LogP contribution in [0.25, 0.3) is 0 Å². The SMILES string of the molecule is CCOC(=O)[C@H]1C(=O)NC(N2CCN(CC)CC2)=N[C@H]1c1ccc(OC)c(OC)c1. The molecular weight excluding hydrogens is 388 g/mol. The smallest absolute Gasteiger partial charge is 0.321 e. The minimum absolute atomic E-state index is 0.191. The van der Waals surface area contributed by atoms with E-state index in [-0.39, 0.29) is 6.61 Å². The van der Waals surface area contributed by atoms with Crippen molar-refractivity contribution in [1.29, 1.82) is 0 Å². The fraction of sp³-hybridized carbons (Fsp3) is 0.571. The van der Waals surface area contributed by atoms with Gasteiger partial charge in [-0.2, -0.15) is 0 Å². The number of piperazine rings is 1. The average Bonchev–Trinajstić information content (AvgIpc) is 2.78. The highest BCUT2D eigenvalue weighted by Gasteiger charge is 2.42. The van der Waals surface area contributed by atoms with Crippen LogP contribution in [0.2, 0.25) is 0 Å². The normalized spacial score (nSPS) is 22.2. The van der Waals surface area contributed by atoms with Gasteiger partial charge in [-0.05, 0) is 31.2 Å². The highest BCUT2D eigenvalue weighted by molar-refractivity contribution is 6.08. The molecule has 3 rings (SSSR count). The molecular formula is C21H30N4O5. The first kappa shape index (κ1) is 21.9. The lowest BCUT2D eigenvalue weighted by Gasteiger charge is -2.38. The Kier molecular flexibility index (Phi) is 7.15. The van der Waals surface area contributed by atoms with Gasteiger partial charge in [-0.25, -0.2) is 4.99 Å². The Morgan fingerprint density at radius 3 is 2.43 bits per heavy atom. The lowest BCUT2D eigenvalue weighted by atomic mass is 9.91. The first-order valence-electron chi connectivity index (χ1n) is 10.3. The largest absolute Gasteiger partial charge is 0.493 e. The standard InChI is InChI=1S/C21H30N4O5/c1-5-24-9-11-25(12-10-24)21-22-18(17(19(26)23-21)20(27)30-6-2)14-7-8-15(28-3)16(13-14)29-4/h7-8,13,17-18H,5-6,9-12H2,1-4H3,(H,22,23,26)/t17-,18+/m1/s1. The topological polar surface area (TPSA) is 92.7 Å². The highest BCUT2D eigenvalue weighted by atomic mass is 16.5. The zero-order valence-electron chi connectivity index (χ0n) is 18.0. The van der Waals surface area contributed by atoms with Crippen LogP contribution in [0.3, 0.4) is 0 Å². The predicted octanol–water partition coefficient (Wildman–Crippen LogP) is 1.05. The molecule has 1 N–H and O–H groups in total. The molecule has 2 aliphatic rings. The Bertz CT molecular complexity index is 805. The first-order chi connectivity index (χ1) is 14.5. The Morgan fingerprint density at radius 2 is 1.83 bits per heavy atom. The van der Waals surface area contributed by atoms with E-state index in [1.165, 1.54) is 0 Å². The number of carbonyl (C=O) groups is 2. The molecule has 0 bridgehead atoms. The van der Waals surface area contributed by atoms with Gasteiger partial charge in [0.15, 0.2) is 17.4 Å². The second-order valence-electron chi connectivity index (χ2n) is 7.15. The highest BCUT2D eigenvalue weighted by Crippen LogP contribution is 2.36. The van der Waals surface area contributed by atoms with E-state index < -0.39 is 23.8 Å². The van der Waals surface area contributed by atoms with Crippen molar-refractivity contribution in [3.8, 4) is 11.5 Å². The number of hydrogen-bond donors (Lipinski definition) is 1. The molecule has 1 fully saturated rings. The molecule has 0 unspecified atom stereocenters. The molecule has 2 atom stereocenters. The quantitative estimate of drug-likeness (QED) is 0.545. The number of ether oxygens (including phenoxy) is 3. The Balaban J connectivity index is 1.96. The van der Waals surface area contributed by atoms with Crippen LogP contribution >= 0.6 is 0 Å². The zero-order valence-corrected chi connectivity index (χ0v) is 18.0. The summed E-state index contributed by atoms with van der Waals surface area (Å²) in [5.74, 6) is -0.490. The second kappa shape index (κ2) is 9.80. The number of nitrogens with one attached hydrogen (secondary N) is 1. The summed E-state index contributed by atoms with van der Waals surface area (Å²) < 4.78 is 15.9. The van der Waals surface area contributed by atoms with E-state index in [2.05, 4.69) is 22.0 Å². The lowest BCUT2D eigenvalue weighted by Crippen LogP contribution is -2.57. The summed E-state index contributed by atoms with van der Waals surface area (Å²) >= 11 is 0. The summed E-state index contributed by atoms with van der Waals surface area (Å²) in [4.78, 5) is 34.8. The molecule has 1 aromatic rings. The van der Waals surface area contributed by atoms with Crippen molar-refractivity contribution in [3.05, 3.63) is 23.8 Å². The number of amides is 1. The van der Waals surface area contributed by atoms with Gasteiger partial charge in [-0.1, -0.05) is 13.0 Å². The molecule has 1 amide bonds. The molecule has 0 saturated carbocycles. The van der Waals surface area contributed by atoms with Gasteiger partial charge < -0.3 is 24.0 Å². The number of carbonyl (C=O) groups excluding carboxylic acids is 2. The molecule has 0 radical (unpaired) electrons. The van der Waals surface area contributed by atoms with Gasteiger partial charge in [-0.15, -0.1) is 0 Å². The fourth-order valence-corrected chi connectivity index (χ4v) is 3.78. The molecule has 9 nitrogen and oxygen atoms in total. The third-order valence-electron chi connectivity index (χ3n) is 5.50. The lowest BCUT2D eigenvalue weighted by molar-refractivity contribution is -0.153. The number of hydrogen-bond acceptors (Lipinski definition) is 8. The number of aliphatic imine (C=N–C) groups is 1. The van der Waals surface area contributed by atoms with Gasteiger partial charge in [0.05, 0.1) is 20.8 Å². The van der Waals surface area contributed by atoms with E-state index >= 15 is 0 Å². The maximum atomic E-state index is 13.0. The summed E-state index contributed by atoms with van der Waals surface area (Å²) in [5, 5.41) is 2.82. The summed E-state index contributed by atoms with van der Waals surface area (Å²) in [5.41, 5.74) is 0.685. The van der Waals surface area contributed by atoms with E-state index in [0.29, 0.717) is 23.0 Å². The Labute approximate surface area is 177 Å². The van der Waals surface area contributed by atoms with Crippen LogP contribution < -0.4 is 14.8 Å². The van der Waals surface area contributed by atoms with Crippen molar-refractivity contribution in [1.82, 2.24) is 15.1 Å². The van der Waals surface area contributed by atoms with Gasteiger partial charge in [0, 0.05) is 26.2 Å². The molecule has 1 saturated heterocycles. The van der Waals surface area contributed by atoms with Crippen molar-refractivity contribution in [2.45, 2.75) is 19.9 Å².